The second-order valence-electron chi connectivity index (χ2n) is 18.9. The maximum atomic E-state index is 5.16. The van der Waals surface area contributed by atoms with Crippen LogP contribution < -0.4 is 0 Å². The first-order valence-electron chi connectivity index (χ1n) is 24.5. The molecule has 0 fully saturated rings. The summed E-state index contributed by atoms with van der Waals surface area (Å²) in [5.41, 5.74) is 11.3. The van der Waals surface area contributed by atoms with Crippen LogP contribution in [0.1, 0.15) is 0 Å². The van der Waals surface area contributed by atoms with Crippen molar-refractivity contribution in [1.29, 1.82) is 0 Å². The Kier molecular flexibility index (Phi) is 8.69. The molecule has 0 N–H and O–H groups in total. The van der Waals surface area contributed by atoms with Crippen LogP contribution in [0.25, 0.3) is 148 Å². The molecule has 1 aromatic heterocycles. The Bertz CT molecular complexity index is 4460. The van der Waals surface area contributed by atoms with Gasteiger partial charge >= 0.3 is 0 Å². The number of aromatic nitrogens is 2. The molecule has 0 atom stereocenters. The summed E-state index contributed by atoms with van der Waals surface area (Å²) in [7, 11) is 0. The van der Waals surface area contributed by atoms with E-state index in [4.69, 9.17) is 4.98 Å². The van der Waals surface area contributed by atoms with E-state index in [1.165, 1.54) is 108 Å². The van der Waals surface area contributed by atoms with Gasteiger partial charge in [0.15, 0.2) is 0 Å². The summed E-state index contributed by atoms with van der Waals surface area (Å²) in [6.07, 6.45) is 0. The van der Waals surface area contributed by atoms with Crippen molar-refractivity contribution in [3.05, 3.63) is 255 Å². The summed E-state index contributed by atoms with van der Waals surface area (Å²) < 4.78 is 2.29. The van der Waals surface area contributed by atoms with Gasteiger partial charge in [0, 0.05) is 11.3 Å². The van der Waals surface area contributed by atoms with E-state index >= 15 is 0 Å². The SMILES string of the molecule is c1ccc(-c2nc3ccccc3n2-c2ccc(-c3cc(-c4cc5c6ccccc6c6ccccc6c5c5ccccc45)cc(-c4cc5c6ccccc6c6ccccc6c5c5ccccc45)c3)cc2)cc1. The molecule has 0 bridgehead atoms. The minimum Gasteiger partial charge on any atom is -0.292 e. The van der Waals surface area contributed by atoms with Gasteiger partial charge in [0.25, 0.3) is 0 Å². The van der Waals surface area contributed by atoms with Crippen LogP contribution in [0.3, 0.4) is 0 Å². The Morgan fingerprint density at radius 2 is 0.606 bits per heavy atom. The molecular weight excluding hydrogens is 857 g/mol. The number of rotatable bonds is 5. The number of hydrogen-bond acceptors (Lipinski definition) is 1. The quantitative estimate of drug-likeness (QED) is 0.157. The van der Waals surface area contributed by atoms with Crippen LogP contribution >= 0.6 is 0 Å². The molecule has 0 saturated carbocycles. The van der Waals surface area contributed by atoms with Crippen molar-refractivity contribution in [2.45, 2.75) is 0 Å². The first-order chi connectivity index (χ1) is 35.2. The van der Waals surface area contributed by atoms with E-state index in [1.807, 2.05) is 0 Å². The maximum Gasteiger partial charge on any atom is 0.145 e. The topological polar surface area (TPSA) is 17.8 Å². The Morgan fingerprint density at radius 3 is 1.10 bits per heavy atom. The number of para-hydroxylation sites is 2. The van der Waals surface area contributed by atoms with Crippen LogP contribution in [0.5, 0.6) is 0 Å². The third-order valence-corrected chi connectivity index (χ3v) is 15.1. The molecule has 0 amide bonds. The molecule has 1 heterocycles. The molecule has 15 rings (SSSR count). The lowest BCUT2D eigenvalue weighted by atomic mass is 9.84. The molecule has 2 heteroatoms. The van der Waals surface area contributed by atoms with Gasteiger partial charge in [-0.3, -0.25) is 4.57 Å². The molecule has 328 valence electrons. The van der Waals surface area contributed by atoms with Gasteiger partial charge in [-0.15, -0.1) is 0 Å². The van der Waals surface area contributed by atoms with Crippen molar-refractivity contribution in [2.24, 2.45) is 0 Å². The lowest BCUT2D eigenvalue weighted by Gasteiger charge is -2.19. The van der Waals surface area contributed by atoms with Crippen molar-refractivity contribution in [3.63, 3.8) is 0 Å². The van der Waals surface area contributed by atoms with Crippen LogP contribution in [0.15, 0.2) is 255 Å². The predicted molar refractivity (Wildman–Crippen MR) is 303 cm³/mol. The summed E-state index contributed by atoms with van der Waals surface area (Å²) in [5, 5.41) is 20.3. The van der Waals surface area contributed by atoms with Crippen molar-refractivity contribution in [2.75, 3.05) is 0 Å². The molecule has 0 aliphatic carbocycles. The summed E-state index contributed by atoms with van der Waals surface area (Å²) in [5.74, 6) is 0.927. The van der Waals surface area contributed by atoms with Crippen LogP contribution in [0.4, 0.5) is 0 Å². The predicted octanol–water partition coefficient (Wildman–Crippen LogP) is 18.9. The molecule has 71 heavy (non-hydrogen) atoms. The molecule has 0 saturated heterocycles. The van der Waals surface area contributed by atoms with Gasteiger partial charge in [-0.2, -0.15) is 0 Å². The van der Waals surface area contributed by atoms with Gasteiger partial charge in [0.05, 0.1) is 11.0 Å². The highest BCUT2D eigenvalue weighted by Crippen LogP contribution is 2.47. The monoisotopic (exact) mass is 898 g/mol. The van der Waals surface area contributed by atoms with E-state index in [0.717, 1.165) is 39.2 Å². The number of hydrogen-bond donors (Lipinski definition) is 0. The van der Waals surface area contributed by atoms with Crippen LogP contribution in [-0.2, 0) is 0 Å². The van der Waals surface area contributed by atoms with Gasteiger partial charge < -0.3 is 0 Å². The average molecular weight is 899 g/mol. The zero-order valence-corrected chi connectivity index (χ0v) is 38.6. The number of benzene rings is 14. The van der Waals surface area contributed by atoms with Crippen molar-refractivity contribution >= 4 is 97.2 Å². The van der Waals surface area contributed by atoms with E-state index in [0.29, 0.717) is 0 Å². The largest absolute Gasteiger partial charge is 0.292 e. The van der Waals surface area contributed by atoms with Crippen molar-refractivity contribution in [1.82, 2.24) is 9.55 Å². The highest BCUT2D eigenvalue weighted by Gasteiger charge is 2.20. The fourth-order valence-corrected chi connectivity index (χ4v) is 12.0. The van der Waals surface area contributed by atoms with Gasteiger partial charge in [-0.25, -0.2) is 4.98 Å². The van der Waals surface area contributed by atoms with Crippen molar-refractivity contribution in [3.8, 4) is 50.5 Å². The molecule has 0 aliphatic rings. The second kappa shape index (κ2) is 15.6. The highest BCUT2D eigenvalue weighted by molar-refractivity contribution is 6.34. The summed E-state index contributed by atoms with van der Waals surface area (Å²) in [6.45, 7) is 0. The molecule has 0 radical (unpaired) electrons. The van der Waals surface area contributed by atoms with E-state index < -0.39 is 0 Å². The minimum atomic E-state index is 0.927. The summed E-state index contributed by atoms with van der Waals surface area (Å²) in [4.78, 5) is 5.16. The first kappa shape index (κ1) is 39.6. The molecule has 0 aliphatic heterocycles. The zero-order valence-electron chi connectivity index (χ0n) is 38.6. The van der Waals surface area contributed by atoms with Crippen LogP contribution in [-0.4, -0.2) is 9.55 Å². The molecule has 2 nitrogen and oxygen atoms in total. The number of imidazole rings is 1. The molecular formula is C69H42N2. The van der Waals surface area contributed by atoms with Gasteiger partial charge in [0.2, 0.25) is 0 Å². The summed E-state index contributed by atoms with van der Waals surface area (Å²) in [6, 6.07) is 94.0. The fraction of sp³-hybridized carbons (Fsp3) is 0. The van der Waals surface area contributed by atoms with Crippen LogP contribution in [0, 0.1) is 0 Å². The van der Waals surface area contributed by atoms with Crippen molar-refractivity contribution < 1.29 is 0 Å². The standard InChI is InChI=1S/C69H42N2/c1-2-18-44(19-3-1)69-70-65-32-16-17-33-66(65)71(69)48-36-34-43(35-37-48)45-38-46(61-41-63-53-24-6-4-20-49(53)51-22-8-12-28-57(51)67(63)59-30-14-10-26-55(59)61)40-47(39-45)62-42-64-54-25-7-5-21-50(54)52-23-9-13-29-58(52)68(64)60-31-15-11-27-56(60)62/h1-42H. The highest BCUT2D eigenvalue weighted by atomic mass is 15.1. The summed E-state index contributed by atoms with van der Waals surface area (Å²) >= 11 is 0. The lowest BCUT2D eigenvalue weighted by Crippen LogP contribution is -1.97. The normalized spacial score (nSPS) is 11.9. The van der Waals surface area contributed by atoms with E-state index in [1.54, 1.807) is 0 Å². The molecule has 0 spiro atoms. The molecule has 14 aromatic carbocycles. The fourth-order valence-electron chi connectivity index (χ4n) is 12.0. The van der Waals surface area contributed by atoms with Gasteiger partial charge in [-0.05, 0) is 174 Å². The Balaban J connectivity index is 1.02. The zero-order chi connectivity index (χ0) is 46.6. The second-order valence-corrected chi connectivity index (χ2v) is 18.9. The Hall–Kier alpha value is -9.37. The van der Waals surface area contributed by atoms with Gasteiger partial charge in [0.1, 0.15) is 5.82 Å². The van der Waals surface area contributed by atoms with E-state index in [-0.39, 0.29) is 0 Å². The smallest absolute Gasteiger partial charge is 0.145 e. The maximum absolute atomic E-state index is 5.16. The van der Waals surface area contributed by atoms with Gasteiger partial charge in [-0.1, -0.05) is 200 Å². The average Bonchev–Trinajstić information content (AvgIpc) is 3.85. The van der Waals surface area contributed by atoms with E-state index in [9.17, 15) is 0 Å². The molecule has 0 unspecified atom stereocenters. The third-order valence-electron chi connectivity index (χ3n) is 15.1. The lowest BCUT2D eigenvalue weighted by molar-refractivity contribution is 1.10. The third kappa shape index (κ3) is 6.05. The number of nitrogens with zero attached hydrogens (tertiary/aromatic N) is 2. The first-order valence-corrected chi connectivity index (χ1v) is 24.5. The van der Waals surface area contributed by atoms with E-state index in [2.05, 4.69) is 259 Å². The minimum absolute atomic E-state index is 0.927. The Labute approximate surface area is 409 Å². The Morgan fingerprint density at radius 1 is 0.239 bits per heavy atom. The number of fused-ring (bicyclic) bond motifs is 17. The molecule has 15 aromatic rings. The van der Waals surface area contributed by atoms with Crippen LogP contribution in [0.2, 0.25) is 0 Å².